The van der Waals surface area contributed by atoms with Gasteiger partial charge in [0, 0.05) is 62.4 Å². The summed E-state index contributed by atoms with van der Waals surface area (Å²) >= 11 is 6.64. The number of aryl methyl sites for hydroxylation is 1. The first-order valence-electron chi connectivity index (χ1n) is 22.7. The van der Waals surface area contributed by atoms with Gasteiger partial charge in [-0.3, -0.25) is 34.2 Å². The predicted octanol–water partition coefficient (Wildman–Crippen LogP) is 5.04. The number of rotatable bonds is 12. The number of para-hydroxylation sites is 1. The SMILES string of the molecule is CNC(=O)COc1cc2cc(Nc3nc(N4CCC(C(Oc5ccccc5)C5CCN(CC#Cc6ccc7c(c6)CN(C6CCC(=O)NC6=O)C7=O)CC5)CC4)ncc3Cl)ccc2n(C)c1=O. The molecule has 0 bridgehead atoms. The Morgan fingerprint density at radius 3 is 2.45 bits per heavy atom. The van der Waals surface area contributed by atoms with Crippen molar-refractivity contribution in [2.45, 2.75) is 57.2 Å². The molecule has 346 valence electrons. The number of halogens is 1. The molecule has 3 saturated heterocycles. The summed E-state index contributed by atoms with van der Waals surface area (Å²) in [7, 11) is 3.17. The lowest BCUT2D eigenvalue weighted by molar-refractivity contribution is -0.137. The second-order valence-electron chi connectivity index (χ2n) is 17.5. The lowest BCUT2D eigenvalue weighted by Crippen LogP contribution is -2.52. The molecule has 3 fully saturated rings. The van der Waals surface area contributed by atoms with Crippen molar-refractivity contribution in [2.75, 3.05) is 56.6 Å². The van der Waals surface area contributed by atoms with Crippen molar-refractivity contribution in [3.8, 4) is 23.3 Å². The Labute approximate surface area is 393 Å². The Kier molecular flexibility index (Phi) is 13.4. The van der Waals surface area contributed by atoms with Crippen LogP contribution >= 0.6 is 11.6 Å². The minimum absolute atomic E-state index is 0.0390. The largest absolute Gasteiger partial charge is 0.490 e. The number of nitrogens with zero attached hydrogens (tertiary/aromatic N) is 6. The van der Waals surface area contributed by atoms with Crippen LogP contribution in [0.1, 0.15) is 60.0 Å². The number of pyridine rings is 1. The van der Waals surface area contributed by atoms with Crippen molar-refractivity contribution in [2.24, 2.45) is 18.9 Å². The Balaban J connectivity index is 0.812. The second-order valence-corrected chi connectivity index (χ2v) is 17.9. The predicted molar refractivity (Wildman–Crippen MR) is 253 cm³/mol. The lowest BCUT2D eigenvalue weighted by atomic mass is 9.79. The van der Waals surface area contributed by atoms with Gasteiger partial charge in [-0.2, -0.15) is 4.98 Å². The molecular weight excluding hydrogens is 874 g/mol. The fourth-order valence-electron chi connectivity index (χ4n) is 9.59. The summed E-state index contributed by atoms with van der Waals surface area (Å²) in [6.07, 6.45) is 5.99. The van der Waals surface area contributed by atoms with Crippen LogP contribution in [0.4, 0.5) is 17.5 Å². The van der Waals surface area contributed by atoms with Crippen LogP contribution in [0, 0.1) is 23.7 Å². The highest BCUT2D eigenvalue weighted by Crippen LogP contribution is 2.36. The maximum absolute atomic E-state index is 13.1. The van der Waals surface area contributed by atoms with Gasteiger partial charge >= 0.3 is 0 Å². The van der Waals surface area contributed by atoms with E-state index in [1.54, 1.807) is 30.3 Å². The van der Waals surface area contributed by atoms with Gasteiger partial charge in [0.25, 0.3) is 17.4 Å². The molecule has 4 amide bonds. The average Bonchev–Trinajstić information content (AvgIpc) is 3.67. The van der Waals surface area contributed by atoms with Crippen LogP contribution in [0.3, 0.4) is 0 Å². The maximum atomic E-state index is 13.1. The van der Waals surface area contributed by atoms with Gasteiger partial charge in [0.2, 0.25) is 17.8 Å². The van der Waals surface area contributed by atoms with Crippen molar-refractivity contribution in [3.63, 3.8) is 0 Å². The van der Waals surface area contributed by atoms with E-state index in [0.717, 1.165) is 74.1 Å². The number of aromatic nitrogens is 3. The van der Waals surface area contributed by atoms with E-state index in [4.69, 9.17) is 26.1 Å². The number of carbonyl (C=O) groups is 4. The molecule has 0 spiro atoms. The number of ether oxygens (including phenoxy) is 2. The third kappa shape index (κ3) is 10.1. The first-order valence-corrected chi connectivity index (χ1v) is 23.1. The number of fused-ring (bicyclic) bond motifs is 2. The van der Waals surface area contributed by atoms with Crippen molar-refractivity contribution in [1.29, 1.82) is 0 Å². The molecule has 5 aromatic rings. The van der Waals surface area contributed by atoms with E-state index in [0.29, 0.717) is 64.9 Å². The van der Waals surface area contributed by atoms with E-state index >= 15 is 0 Å². The zero-order valence-corrected chi connectivity index (χ0v) is 38.2. The molecule has 4 aliphatic rings. The number of nitrogens with one attached hydrogen (secondary N) is 3. The van der Waals surface area contributed by atoms with Crippen molar-refractivity contribution >= 4 is 63.6 Å². The number of carbonyl (C=O) groups excluding carboxylic acids is 4. The highest BCUT2D eigenvalue weighted by molar-refractivity contribution is 6.33. The summed E-state index contributed by atoms with van der Waals surface area (Å²) in [5.41, 5.74) is 3.30. The van der Waals surface area contributed by atoms with Gasteiger partial charge in [0.05, 0.1) is 18.3 Å². The number of hydrogen-bond donors (Lipinski definition) is 3. The van der Waals surface area contributed by atoms with Crippen LogP contribution in [0.2, 0.25) is 5.02 Å². The Morgan fingerprint density at radius 1 is 0.940 bits per heavy atom. The number of likely N-dealkylation sites (tertiary alicyclic amines) is 1. The van der Waals surface area contributed by atoms with Crippen molar-refractivity contribution < 1.29 is 28.7 Å². The molecule has 17 heteroatoms. The Hall–Kier alpha value is -6.96. The molecule has 0 radical (unpaired) electrons. The van der Waals surface area contributed by atoms with Gasteiger partial charge in [-0.05, 0) is 117 Å². The zero-order valence-electron chi connectivity index (χ0n) is 37.4. The quantitative estimate of drug-likeness (QED) is 0.112. The average molecular weight is 926 g/mol. The first-order chi connectivity index (χ1) is 32.5. The van der Waals surface area contributed by atoms with Gasteiger partial charge < -0.3 is 34.5 Å². The van der Waals surface area contributed by atoms with E-state index in [-0.39, 0.29) is 48.2 Å². The monoisotopic (exact) mass is 925 g/mol. The highest BCUT2D eigenvalue weighted by atomic mass is 35.5. The van der Waals surface area contributed by atoms with Crippen LogP contribution in [0.5, 0.6) is 11.5 Å². The highest BCUT2D eigenvalue weighted by Gasteiger charge is 2.39. The number of hydrogen-bond acceptors (Lipinski definition) is 12. The number of benzene rings is 3. The second kappa shape index (κ2) is 19.9. The van der Waals surface area contributed by atoms with Crippen molar-refractivity contribution in [3.05, 3.63) is 111 Å². The minimum Gasteiger partial charge on any atom is -0.490 e. The van der Waals surface area contributed by atoms with E-state index in [1.807, 2.05) is 60.7 Å². The fourth-order valence-corrected chi connectivity index (χ4v) is 9.73. The maximum Gasteiger partial charge on any atom is 0.293 e. The van der Waals surface area contributed by atoms with Crippen LogP contribution < -0.4 is 35.9 Å². The molecule has 2 unspecified atom stereocenters. The molecule has 4 aliphatic heterocycles. The normalized spacial score (nSPS) is 18.5. The standard InChI is InChI=1S/C50H52ClN9O7/c1-52-44(62)30-66-42-27-34-26-36(11-13-40(34)57(2)49(42)65)54-46-39(51)28-53-50(56-46)59-23-18-33(19-24-59)45(67-37-8-4-3-5-9-37)32-16-21-58(22-17-32)20-6-7-31-10-12-38-35(25-31)29-60(48(38)64)41-14-15-43(61)55-47(41)63/h3-5,8-13,25-28,32-33,41,45H,14-24,29-30H2,1-2H3,(H,52,62)(H,53,54,56)(H,55,61,63). The number of likely N-dealkylation sites (N-methyl/N-ethyl adjacent to an activating group) is 1. The summed E-state index contributed by atoms with van der Waals surface area (Å²) in [6, 6.07) is 22.2. The molecule has 0 saturated carbocycles. The number of amides is 4. The molecular formula is C50H52ClN9O7. The van der Waals surface area contributed by atoms with Crippen molar-refractivity contribution in [1.82, 2.24) is 35.0 Å². The van der Waals surface area contributed by atoms with Gasteiger partial charge in [0.1, 0.15) is 22.9 Å². The van der Waals surface area contributed by atoms with E-state index < -0.39 is 11.9 Å². The Morgan fingerprint density at radius 2 is 1.70 bits per heavy atom. The van der Waals surface area contributed by atoms with Crippen LogP contribution in [0.25, 0.3) is 10.9 Å². The molecule has 3 aromatic carbocycles. The van der Waals surface area contributed by atoms with Crippen LogP contribution in [-0.4, -0.2) is 106 Å². The summed E-state index contributed by atoms with van der Waals surface area (Å²) in [6.45, 7) is 4.00. The Bertz CT molecular complexity index is 2830. The molecule has 3 N–H and O–H groups in total. The van der Waals surface area contributed by atoms with E-state index in [9.17, 15) is 24.0 Å². The molecule has 16 nitrogen and oxygen atoms in total. The molecule has 0 aliphatic carbocycles. The van der Waals surface area contributed by atoms with E-state index in [2.05, 4.69) is 42.6 Å². The summed E-state index contributed by atoms with van der Waals surface area (Å²) in [4.78, 5) is 77.6. The van der Waals surface area contributed by atoms with E-state index in [1.165, 1.54) is 11.6 Å². The topological polar surface area (TPSA) is 180 Å². The molecule has 2 atom stereocenters. The van der Waals surface area contributed by atoms with Gasteiger partial charge in [0.15, 0.2) is 18.2 Å². The molecule has 9 rings (SSSR count). The van der Waals surface area contributed by atoms with Gasteiger partial charge in [-0.1, -0.05) is 41.6 Å². The third-order valence-electron chi connectivity index (χ3n) is 13.3. The zero-order chi connectivity index (χ0) is 46.6. The third-order valence-corrected chi connectivity index (χ3v) is 13.6. The minimum atomic E-state index is -0.644. The lowest BCUT2D eigenvalue weighted by Gasteiger charge is -2.42. The number of piperidine rings is 3. The molecule has 67 heavy (non-hydrogen) atoms. The number of imide groups is 1. The van der Waals surface area contributed by atoms with Crippen LogP contribution in [0.15, 0.2) is 83.8 Å². The van der Waals surface area contributed by atoms with Gasteiger partial charge in [-0.25, -0.2) is 4.98 Å². The first kappa shape index (κ1) is 45.2. The summed E-state index contributed by atoms with van der Waals surface area (Å²) in [5, 5.41) is 9.28. The molecule has 6 heterocycles. The smallest absolute Gasteiger partial charge is 0.293 e. The molecule has 2 aromatic heterocycles. The fraction of sp³-hybridized carbons (Fsp3) is 0.380. The summed E-state index contributed by atoms with van der Waals surface area (Å²) in [5.74, 6) is 8.09. The van der Waals surface area contributed by atoms with Crippen LogP contribution in [-0.2, 0) is 28.0 Å². The van der Waals surface area contributed by atoms with Gasteiger partial charge in [-0.15, -0.1) is 0 Å². The number of anilines is 3. The summed E-state index contributed by atoms with van der Waals surface area (Å²) < 4.78 is 13.9.